The smallest absolute Gasteiger partial charge is 0.410 e. The van der Waals surface area contributed by atoms with Gasteiger partial charge in [0.1, 0.15) is 17.7 Å². The Bertz CT molecular complexity index is 558. The van der Waals surface area contributed by atoms with E-state index in [0.29, 0.717) is 0 Å². The maximum Gasteiger partial charge on any atom is 0.410 e. The molecule has 3 heterocycles. The molecule has 1 aromatic heterocycles. The van der Waals surface area contributed by atoms with Crippen LogP contribution in [0, 0.1) is 5.41 Å². The summed E-state index contributed by atoms with van der Waals surface area (Å²) in [5.41, 5.74) is -0.224. The minimum Gasteiger partial charge on any atom is -0.444 e. The molecule has 114 valence electrons. The lowest BCUT2D eigenvalue weighted by molar-refractivity contribution is -0.0455. The summed E-state index contributed by atoms with van der Waals surface area (Å²) in [6, 6.07) is 0. The highest BCUT2D eigenvalue weighted by molar-refractivity contribution is 9.10. The van der Waals surface area contributed by atoms with Gasteiger partial charge in [0.05, 0.1) is 4.47 Å². The van der Waals surface area contributed by atoms with E-state index >= 15 is 0 Å². The number of likely N-dealkylation sites (tertiary alicyclic amines) is 1. The molecule has 0 radical (unpaired) electrons. The third kappa shape index (κ3) is 2.84. The van der Waals surface area contributed by atoms with E-state index in [-0.39, 0.29) is 11.5 Å². The van der Waals surface area contributed by atoms with Gasteiger partial charge in [0.15, 0.2) is 0 Å². The lowest BCUT2D eigenvalue weighted by Gasteiger charge is -2.60. The number of halogens is 1. The van der Waals surface area contributed by atoms with Crippen molar-refractivity contribution in [2.75, 3.05) is 31.1 Å². The van der Waals surface area contributed by atoms with E-state index in [1.54, 1.807) is 17.4 Å². The summed E-state index contributed by atoms with van der Waals surface area (Å²) in [7, 11) is 0. The molecule has 1 aromatic rings. The number of carbonyl (C=O) groups is 1. The Balaban J connectivity index is 1.52. The van der Waals surface area contributed by atoms with Crippen LogP contribution in [0.5, 0.6) is 0 Å². The maximum atomic E-state index is 11.9. The average Bonchev–Trinajstić information content (AvgIpc) is 2.25. The largest absolute Gasteiger partial charge is 0.444 e. The second-order valence-electron chi connectivity index (χ2n) is 6.89. The molecule has 0 aliphatic carbocycles. The van der Waals surface area contributed by atoms with Crippen molar-refractivity contribution in [3.63, 3.8) is 0 Å². The second kappa shape index (κ2) is 4.83. The summed E-state index contributed by atoms with van der Waals surface area (Å²) in [5, 5.41) is 0. The molecule has 1 spiro atoms. The highest BCUT2D eigenvalue weighted by atomic mass is 79.9. The van der Waals surface area contributed by atoms with E-state index in [1.165, 1.54) is 0 Å². The summed E-state index contributed by atoms with van der Waals surface area (Å²) >= 11 is 3.47. The monoisotopic (exact) mass is 354 g/mol. The zero-order chi connectivity index (χ0) is 15.3. The molecule has 2 aliphatic heterocycles. The number of amides is 1. The highest BCUT2D eigenvalue weighted by Crippen LogP contribution is 2.43. The highest BCUT2D eigenvalue weighted by Gasteiger charge is 2.54. The number of anilines is 1. The van der Waals surface area contributed by atoms with Gasteiger partial charge >= 0.3 is 6.09 Å². The first-order valence-electron chi connectivity index (χ1n) is 6.96. The van der Waals surface area contributed by atoms with Crippen molar-refractivity contribution in [2.24, 2.45) is 5.41 Å². The van der Waals surface area contributed by atoms with Gasteiger partial charge in [-0.25, -0.2) is 14.8 Å². The van der Waals surface area contributed by atoms with E-state index in [2.05, 4.69) is 30.8 Å². The number of nitrogens with zero attached hydrogens (tertiary/aromatic N) is 4. The molecule has 0 atom stereocenters. The molecular weight excluding hydrogens is 336 g/mol. The molecule has 0 bridgehead atoms. The van der Waals surface area contributed by atoms with Crippen LogP contribution in [0.1, 0.15) is 20.8 Å². The molecular formula is C14H19BrN4O2. The normalized spacial score (nSPS) is 20.0. The zero-order valence-electron chi connectivity index (χ0n) is 12.5. The maximum absolute atomic E-state index is 11.9. The fraction of sp³-hybridized carbons (Fsp3) is 0.643. The molecule has 21 heavy (non-hydrogen) atoms. The molecule has 6 nitrogen and oxygen atoms in total. The van der Waals surface area contributed by atoms with Crippen LogP contribution >= 0.6 is 15.9 Å². The summed E-state index contributed by atoms with van der Waals surface area (Å²) in [4.78, 5) is 24.2. The first kappa shape index (κ1) is 14.6. The fourth-order valence-electron chi connectivity index (χ4n) is 2.87. The quantitative estimate of drug-likeness (QED) is 0.774. The summed E-state index contributed by atoms with van der Waals surface area (Å²) in [6.07, 6.45) is 3.09. The predicted octanol–water partition coefficient (Wildman–Crippen LogP) is 2.30. The molecule has 1 amide bonds. The van der Waals surface area contributed by atoms with Gasteiger partial charge in [-0.1, -0.05) is 0 Å². The van der Waals surface area contributed by atoms with Crippen molar-refractivity contribution in [1.82, 2.24) is 14.9 Å². The molecule has 3 rings (SSSR count). The summed E-state index contributed by atoms with van der Waals surface area (Å²) in [5.74, 6) is 0.923. The Morgan fingerprint density at radius 1 is 1.33 bits per heavy atom. The Morgan fingerprint density at radius 2 is 2.00 bits per heavy atom. The zero-order valence-corrected chi connectivity index (χ0v) is 14.1. The first-order chi connectivity index (χ1) is 9.78. The minimum atomic E-state index is -0.433. The van der Waals surface area contributed by atoms with Crippen LogP contribution in [0.3, 0.4) is 0 Å². The number of hydrogen-bond acceptors (Lipinski definition) is 5. The second-order valence-corrected chi connectivity index (χ2v) is 7.74. The van der Waals surface area contributed by atoms with Crippen molar-refractivity contribution in [3.05, 3.63) is 17.0 Å². The van der Waals surface area contributed by atoms with Crippen LogP contribution < -0.4 is 4.90 Å². The van der Waals surface area contributed by atoms with Crippen LogP contribution in [-0.2, 0) is 4.74 Å². The molecule has 0 saturated carbocycles. The molecule has 7 heteroatoms. The van der Waals surface area contributed by atoms with Crippen LogP contribution in [0.4, 0.5) is 10.6 Å². The van der Waals surface area contributed by atoms with Crippen LogP contribution in [0.2, 0.25) is 0 Å². The van der Waals surface area contributed by atoms with Crippen LogP contribution in [0.25, 0.3) is 0 Å². The third-order valence-electron chi connectivity index (χ3n) is 3.70. The van der Waals surface area contributed by atoms with Gasteiger partial charge in [-0.2, -0.15) is 0 Å². The van der Waals surface area contributed by atoms with E-state index in [0.717, 1.165) is 36.5 Å². The van der Waals surface area contributed by atoms with Crippen molar-refractivity contribution in [1.29, 1.82) is 0 Å². The number of rotatable bonds is 1. The SMILES string of the molecule is CC(C)(C)OC(=O)N1CC2(C1)CN(c1ncncc1Br)C2. The fourth-order valence-corrected chi connectivity index (χ4v) is 3.34. The lowest BCUT2D eigenvalue weighted by Crippen LogP contribution is -2.73. The minimum absolute atomic E-state index is 0.210. The predicted molar refractivity (Wildman–Crippen MR) is 82.2 cm³/mol. The molecule has 2 saturated heterocycles. The van der Waals surface area contributed by atoms with Crippen molar-refractivity contribution < 1.29 is 9.53 Å². The number of ether oxygens (including phenoxy) is 1. The number of carbonyl (C=O) groups excluding carboxylic acids is 1. The Labute approximate surface area is 132 Å². The van der Waals surface area contributed by atoms with Crippen LogP contribution in [-0.4, -0.2) is 52.7 Å². The van der Waals surface area contributed by atoms with Crippen molar-refractivity contribution >= 4 is 27.8 Å². The van der Waals surface area contributed by atoms with E-state index < -0.39 is 5.60 Å². The van der Waals surface area contributed by atoms with E-state index in [4.69, 9.17) is 4.74 Å². The summed E-state index contributed by atoms with van der Waals surface area (Å²) in [6.45, 7) is 9.03. The van der Waals surface area contributed by atoms with Gasteiger partial charge in [0.2, 0.25) is 0 Å². The summed E-state index contributed by atoms with van der Waals surface area (Å²) < 4.78 is 6.29. The number of aromatic nitrogens is 2. The van der Waals surface area contributed by atoms with E-state index in [1.807, 2.05) is 20.8 Å². The van der Waals surface area contributed by atoms with Crippen molar-refractivity contribution in [3.8, 4) is 0 Å². The van der Waals surface area contributed by atoms with Gasteiger partial charge in [0, 0.05) is 37.8 Å². The average molecular weight is 355 g/mol. The Hall–Kier alpha value is -1.37. The molecule has 0 N–H and O–H groups in total. The molecule has 2 fully saturated rings. The van der Waals surface area contributed by atoms with Gasteiger partial charge in [0.25, 0.3) is 0 Å². The van der Waals surface area contributed by atoms with Crippen LogP contribution in [0.15, 0.2) is 17.0 Å². The standard InChI is InChI=1S/C14H19BrN4O2/c1-13(2,3)21-12(20)19-7-14(8-19)5-18(6-14)11-10(15)4-16-9-17-11/h4,9H,5-8H2,1-3H3. The lowest BCUT2D eigenvalue weighted by atomic mass is 9.73. The first-order valence-corrected chi connectivity index (χ1v) is 7.76. The Morgan fingerprint density at radius 3 is 2.57 bits per heavy atom. The molecule has 0 aromatic carbocycles. The molecule has 0 unspecified atom stereocenters. The Kier molecular flexibility index (Phi) is 3.35. The van der Waals surface area contributed by atoms with Gasteiger partial charge in [-0.3, -0.25) is 0 Å². The van der Waals surface area contributed by atoms with Gasteiger partial charge < -0.3 is 14.5 Å². The topological polar surface area (TPSA) is 58.6 Å². The van der Waals surface area contributed by atoms with Gasteiger partial charge in [-0.05, 0) is 36.7 Å². The number of hydrogen-bond donors (Lipinski definition) is 0. The third-order valence-corrected chi connectivity index (χ3v) is 4.26. The van der Waals surface area contributed by atoms with Gasteiger partial charge in [-0.15, -0.1) is 0 Å². The van der Waals surface area contributed by atoms with Crippen molar-refractivity contribution in [2.45, 2.75) is 26.4 Å². The van der Waals surface area contributed by atoms with E-state index in [9.17, 15) is 4.79 Å². The molecule has 2 aliphatic rings.